The van der Waals surface area contributed by atoms with Crippen molar-refractivity contribution in [2.24, 2.45) is 17.9 Å². The van der Waals surface area contributed by atoms with Gasteiger partial charge in [0, 0.05) is 32.6 Å². The summed E-state index contributed by atoms with van der Waals surface area (Å²) >= 11 is 6.53. The fourth-order valence-electron chi connectivity index (χ4n) is 5.05. The summed E-state index contributed by atoms with van der Waals surface area (Å²) in [4.78, 5) is 18.1. The van der Waals surface area contributed by atoms with Crippen LogP contribution in [0.3, 0.4) is 0 Å². The number of piperidine rings is 2. The van der Waals surface area contributed by atoms with E-state index in [1.54, 1.807) is 11.7 Å². The molecular weight excluding hydrogens is 438 g/mol. The van der Waals surface area contributed by atoms with Crippen molar-refractivity contribution in [1.29, 1.82) is 0 Å². The molecule has 2 fully saturated rings. The van der Waals surface area contributed by atoms with Gasteiger partial charge in [-0.05, 0) is 62.6 Å². The molecule has 4 rings (SSSR count). The highest BCUT2D eigenvalue weighted by Gasteiger charge is 2.40. The van der Waals surface area contributed by atoms with Crippen molar-refractivity contribution < 1.29 is 9.32 Å². The summed E-state index contributed by atoms with van der Waals surface area (Å²) in [5.74, 6) is 0.709. The third-order valence-electron chi connectivity index (χ3n) is 7.55. The zero-order valence-electron chi connectivity index (χ0n) is 20.8. The molecule has 0 radical (unpaired) electrons. The van der Waals surface area contributed by atoms with Gasteiger partial charge in [0.1, 0.15) is 27.9 Å². The average molecular weight is 476 g/mol. The highest BCUT2D eigenvalue weighted by atomic mass is 35.5. The normalized spacial score (nSPS) is 19.4. The monoisotopic (exact) mass is 475 g/mol. The SMILES string of the molecule is CCc1cc(-c2nn(C)c(Cl)c2C(=O)N2CCC3(CCN(CCC(C)(C)C)CC3)CC2)no1. The first-order chi connectivity index (χ1) is 15.6. The van der Waals surface area contributed by atoms with E-state index in [2.05, 4.69) is 35.9 Å². The molecule has 1 spiro atoms. The summed E-state index contributed by atoms with van der Waals surface area (Å²) in [7, 11) is 1.75. The van der Waals surface area contributed by atoms with Gasteiger partial charge in [0.25, 0.3) is 5.91 Å². The highest BCUT2D eigenvalue weighted by Crippen LogP contribution is 2.42. The third kappa shape index (κ3) is 5.29. The van der Waals surface area contributed by atoms with E-state index in [0.717, 1.165) is 38.1 Å². The van der Waals surface area contributed by atoms with Crippen LogP contribution in [-0.4, -0.2) is 63.4 Å². The Morgan fingerprint density at radius 2 is 1.79 bits per heavy atom. The molecule has 2 aromatic heterocycles. The molecular formula is C25H38ClN5O2. The van der Waals surface area contributed by atoms with E-state index in [1.807, 2.05) is 17.9 Å². The molecule has 7 nitrogen and oxygen atoms in total. The van der Waals surface area contributed by atoms with Crippen LogP contribution in [0.2, 0.25) is 5.15 Å². The minimum absolute atomic E-state index is 0.0541. The third-order valence-corrected chi connectivity index (χ3v) is 7.98. The van der Waals surface area contributed by atoms with Crippen LogP contribution in [0.1, 0.15) is 75.9 Å². The van der Waals surface area contributed by atoms with Gasteiger partial charge in [-0.15, -0.1) is 0 Å². The molecule has 0 atom stereocenters. The molecule has 33 heavy (non-hydrogen) atoms. The highest BCUT2D eigenvalue weighted by molar-refractivity contribution is 6.33. The fraction of sp³-hybridized carbons (Fsp3) is 0.720. The van der Waals surface area contributed by atoms with Crippen molar-refractivity contribution in [1.82, 2.24) is 24.7 Å². The average Bonchev–Trinajstić information content (AvgIpc) is 3.37. The number of hydrogen-bond acceptors (Lipinski definition) is 5. The van der Waals surface area contributed by atoms with Gasteiger partial charge in [-0.2, -0.15) is 5.10 Å². The summed E-state index contributed by atoms with van der Waals surface area (Å²) in [5.41, 5.74) is 2.26. The van der Waals surface area contributed by atoms with Crippen LogP contribution in [0, 0.1) is 10.8 Å². The second kappa shape index (κ2) is 9.41. The molecule has 2 aromatic rings. The molecule has 1 amide bonds. The summed E-state index contributed by atoms with van der Waals surface area (Å²) in [6.45, 7) is 14.0. The maximum absolute atomic E-state index is 13.5. The second-order valence-electron chi connectivity index (χ2n) is 11.1. The largest absolute Gasteiger partial charge is 0.361 e. The van der Waals surface area contributed by atoms with Crippen molar-refractivity contribution in [2.45, 2.75) is 66.2 Å². The van der Waals surface area contributed by atoms with E-state index in [0.29, 0.717) is 32.9 Å². The molecule has 0 N–H and O–H groups in total. The van der Waals surface area contributed by atoms with Crippen molar-refractivity contribution in [2.75, 3.05) is 32.7 Å². The first-order valence-electron chi connectivity index (χ1n) is 12.3. The predicted octanol–water partition coefficient (Wildman–Crippen LogP) is 5.05. The van der Waals surface area contributed by atoms with Crippen LogP contribution >= 0.6 is 11.6 Å². The van der Waals surface area contributed by atoms with Crippen molar-refractivity contribution in [3.63, 3.8) is 0 Å². The lowest BCUT2D eigenvalue weighted by Gasteiger charge is -2.47. The van der Waals surface area contributed by atoms with Gasteiger partial charge < -0.3 is 14.3 Å². The number of aromatic nitrogens is 3. The summed E-state index contributed by atoms with van der Waals surface area (Å²) in [6.07, 6.45) is 6.56. The van der Waals surface area contributed by atoms with Crippen LogP contribution in [0.4, 0.5) is 0 Å². The molecule has 2 saturated heterocycles. The quantitative estimate of drug-likeness (QED) is 0.605. The number of carbonyl (C=O) groups excluding carboxylic acids is 1. The van der Waals surface area contributed by atoms with Crippen molar-refractivity contribution >= 4 is 17.5 Å². The Morgan fingerprint density at radius 1 is 1.15 bits per heavy atom. The van der Waals surface area contributed by atoms with Crippen molar-refractivity contribution in [3.8, 4) is 11.4 Å². The number of aryl methyl sites for hydroxylation is 2. The van der Waals surface area contributed by atoms with E-state index in [9.17, 15) is 4.79 Å². The van der Waals surface area contributed by atoms with Crippen molar-refractivity contribution in [3.05, 3.63) is 22.5 Å². The van der Waals surface area contributed by atoms with Gasteiger partial charge in [0.05, 0.1) is 0 Å². The van der Waals surface area contributed by atoms with Crippen LogP contribution in [0.25, 0.3) is 11.4 Å². The number of nitrogens with zero attached hydrogens (tertiary/aromatic N) is 5. The number of carbonyl (C=O) groups is 1. The van der Waals surface area contributed by atoms with Gasteiger partial charge in [-0.1, -0.05) is 44.5 Å². The van der Waals surface area contributed by atoms with E-state index < -0.39 is 0 Å². The molecule has 4 heterocycles. The van der Waals surface area contributed by atoms with E-state index >= 15 is 0 Å². The molecule has 0 unspecified atom stereocenters. The molecule has 2 aliphatic rings. The Morgan fingerprint density at radius 3 is 2.36 bits per heavy atom. The molecule has 182 valence electrons. The fourth-order valence-corrected chi connectivity index (χ4v) is 5.26. The Balaban J connectivity index is 1.40. The first kappa shape index (κ1) is 24.3. The van der Waals surface area contributed by atoms with Gasteiger partial charge in [0.15, 0.2) is 0 Å². The molecule has 0 aliphatic carbocycles. The maximum Gasteiger partial charge on any atom is 0.259 e. The number of halogens is 1. The van der Waals surface area contributed by atoms with Crippen LogP contribution < -0.4 is 0 Å². The van der Waals surface area contributed by atoms with Gasteiger partial charge in [-0.3, -0.25) is 9.48 Å². The zero-order chi connectivity index (χ0) is 23.8. The molecule has 2 aliphatic heterocycles. The Hall–Kier alpha value is -1.86. The zero-order valence-corrected chi connectivity index (χ0v) is 21.5. The first-order valence-corrected chi connectivity index (χ1v) is 12.7. The van der Waals surface area contributed by atoms with Gasteiger partial charge in [0.2, 0.25) is 0 Å². The van der Waals surface area contributed by atoms with E-state index in [4.69, 9.17) is 16.1 Å². The van der Waals surface area contributed by atoms with Gasteiger partial charge >= 0.3 is 0 Å². The summed E-state index contributed by atoms with van der Waals surface area (Å²) < 4.78 is 6.89. The predicted molar refractivity (Wildman–Crippen MR) is 130 cm³/mol. The van der Waals surface area contributed by atoms with Crippen LogP contribution in [0.15, 0.2) is 10.6 Å². The Labute approximate surface area is 202 Å². The smallest absolute Gasteiger partial charge is 0.259 e. The topological polar surface area (TPSA) is 67.4 Å². The van der Waals surface area contributed by atoms with Crippen LogP contribution in [-0.2, 0) is 13.5 Å². The maximum atomic E-state index is 13.5. The number of hydrogen-bond donors (Lipinski definition) is 0. The van der Waals surface area contributed by atoms with E-state index in [1.165, 1.54) is 38.9 Å². The number of rotatable bonds is 5. The minimum Gasteiger partial charge on any atom is -0.361 e. The molecule has 8 heteroatoms. The standard InChI is InChI=1S/C25H38ClN5O2/c1-6-18-17-19(28-33-18)21-20(22(26)29(5)27-21)23(32)31-15-10-25(11-16-31)8-13-30(14-9-25)12-7-24(2,3)4/h17H,6-16H2,1-5H3. The minimum atomic E-state index is -0.0541. The second-order valence-corrected chi connectivity index (χ2v) is 11.5. The van der Waals surface area contributed by atoms with Crippen LogP contribution in [0.5, 0.6) is 0 Å². The Kier molecular flexibility index (Phi) is 6.92. The lowest BCUT2D eigenvalue weighted by atomic mass is 9.71. The lowest BCUT2D eigenvalue weighted by molar-refractivity contribution is 0.0283. The van der Waals surface area contributed by atoms with E-state index in [-0.39, 0.29) is 5.91 Å². The molecule has 0 saturated carbocycles. The lowest BCUT2D eigenvalue weighted by Crippen LogP contribution is -2.48. The number of amides is 1. The molecule has 0 bridgehead atoms. The number of likely N-dealkylation sites (tertiary alicyclic amines) is 2. The molecule has 0 aromatic carbocycles. The van der Waals surface area contributed by atoms with Gasteiger partial charge in [-0.25, -0.2) is 0 Å². The Bertz CT molecular complexity index is 972. The summed E-state index contributed by atoms with van der Waals surface area (Å²) in [5, 5.41) is 8.95. The summed E-state index contributed by atoms with van der Waals surface area (Å²) in [6, 6.07) is 1.84.